The average Bonchev–Trinajstić information content (AvgIpc) is 2.97. The fourth-order valence-corrected chi connectivity index (χ4v) is 4.14. The molecule has 1 aliphatic rings. The third-order valence-electron chi connectivity index (χ3n) is 3.76. The van der Waals surface area contributed by atoms with Gasteiger partial charge in [0, 0.05) is 16.0 Å². The number of aryl methyl sites for hydroxylation is 1. The number of thiophene rings is 1. The zero-order chi connectivity index (χ0) is 13.7. The summed E-state index contributed by atoms with van der Waals surface area (Å²) in [7, 11) is 0. The maximum absolute atomic E-state index is 6.20. The summed E-state index contributed by atoms with van der Waals surface area (Å²) in [6.45, 7) is 0. The monoisotopic (exact) mass is 304 g/mol. The van der Waals surface area contributed by atoms with Gasteiger partial charge in [-0.15, -0.1) is 11.3 Å². The number of nitrogens with zero attached hydrogens (tertiary/aromatic N) is 1. The number of hydrogen-bond donors (Lipinski definition) is 1. The van der Waals surface area contributed by atoms with Gasteiger partial charge >= 0.3 is 0 Å². The number of oxazole rings is 1. The van der Waals surface area contributed by atoms with E-state index in [1.807, 2.05) is 12.1 Å². The quantitative estimate of drug-likeness (QED) is 0.710. The van der Waals surface area contributed by atoms with Crippen LogP contribution in [0.15, 0.2) is 22.6 Å². The van der Waals surface area contributed by atoms with Crippen LogP contribution in [-0.4, -0.2) is 4.98 Å². The Bertz CT molecular complexity index is 806. The number of nitrogen functional groups attached to an aromatic ring is 1. The molecule has 0 aliphatic heterocycles. The molecule has 0 bridgehead atoms. The molecule has 5 heteroatoms. The standard InChI is InChI=1S/C15H13ClN2OS/c16-8-5-6-10-11(7-8)19-15(18-10)13-9-3-1-2-4-12(9)20-14(13)17/h5-7H,1-4,17H2. The molecule has 3 nitrogen and oxygen atoms in total. The molecule has 4 rings (SSSR count). The molecule has 1 aliphatic carbocycles. The first-order valence-electron chi connectivity index (χ1n) is 6.69. The van der Waals surface area contributed by atoms with Crippen LogP contribution in [0.2, 0.25) is 5.02 Å². The Hall–Kier alpha value is -1.52. The summed E-state index contributed by atoms with van der Waals surface area (Å²) in [5.74, 6) is 0.624. The minimum absolute atomic E-state index is 0.624. The Labute approximate surface area is 125 Å². The number of benzene rings is 1. The van der Waals surface area contributed by atoms with Crippen molar-refractivity contribution in [3.05, 3.63) is 33.7 Å². The van der Waals surface area contributed by atoms with E-state index in [1.54, 1.807) is 17.4 Å². The van der Waals surface area contributed by atoms with Gasteiger partial charge in [0.15, 0.2) is 5.58 Å². The summed E-state index contributed by atoms with van der Waals surface area (Å²) in [6, 6.07) is 5.49. The second kappa shape index (κ2) is 4.50. The van der Waals surface area contributed by atoms with Crippen molar-refractivity contribution in [2.24, 2.45) is 0 Å². The van der Waals surface area contributed by atoms with Crippen molar-refractivity contribution >= 4 is 39.0 Å². The normalized spacial score (nSPS) is 14.7. The summed E-state index contributed by atoms with van der Waals surface area (Å²) in [5.41, 5.74) is 10.1. The van der Waals surface area contributed by atoms with Crippen molar-refractivity contribution in [3.63, 3.8) is 0 Å². The highest BCUT2D eigenvalue weighted by atomic mass is 35.5. The third kappa shape index (κ3) is 1.83. The highest BCUT2D eigenvalue weighted by molar-refractivity contribution is 7.16. The summed E-state index contributed by atoms with van der Waals surface area (Å²) in [4.78, 5) is 5.96. The molecular weight excluding hydrogens is 292 g/mol. The maximum atomic E-state index is 6.20. The summed E-state index contributed by atoms with van der Waals surface area (Å²) in [6.07, 6.45) is 4.64. The van der Waals surface area contributed by atoms with Crippen molar-refractivity contribution < 1.29 is 4.42 Å². The van der Waals surface area contributed by atoms with Crippen molar-refractivity contribution in [2.45, 2.75) is 25.7 Å². The van der Waals surface area contributed by atoms with Crippen LogP contribution in [0.3, 0.4) is 0 Å². The summed E-state index contributed by atoms with van der Waals surface area (Å²) < 4.78 is 5.87. The molecule has 2 aromatic heterocycles. The van der Waals surface area contributed by atoms with Gasteiger partial charge in [0.05, 0.1) is 10.6 Å². The van der Waals surface area contributed by atoms with E-state index in [1.165, 1.54) is 23.3 Å². The Morgan fingerprint density at radius 3 is 3.00 bits per heavy atom. The molecule has 2 N–H and O–H groups in total. The summed E-state index contributed by atoms with van der Waals surface area (Å²) in [5, 5.41) is 1.47. The number of nitrogens with two attached hydrogens (primary N) is 1. The van der Waals surface area contributed by atoms with Crippen molar-refractivity contribution in [1.82, 2.24) is 4.98 Å². The smallest absolute Gasteiger partial charge is 0.230 e. The van der Waals surface area contributed by atoms with Crippen LogP contribution in [0.1, 0.15) is 23.3 Å². The van der Waals surface area contributed by atoms with Crippen LogP contribution in [0.5, 0.6) is 0 Å². The molecule has 0 atom stereocenters. The molecule has 0 saturated carbocycles. The van der Waals surface area contributed by atoms with Gasteiger partial charge in [0.1, 0.15) is 5.52 Å². The molecule has 0 unspecified atom stereocenters. The fourth-order valence-electron chi connectivity index (χ4n) is 2.83. The predicted octanol–water partition coefficient (Wildman–Crippen LogP) is 4.67. The zero-order valence-corrected chi connectivity index (χ0v) is 12.4. The maximum Gasteiger partial charge on any atom is 0.230 e. The molecule has 1 aromatic carbocycles. The van der Waals surface area contributed by atoms with Gasteiger partial charge in [0.2, 0.25) is 5.89 Å². The van der Waals surface area contributed by atoms with E-state index < -0.39 is 0 Å². The molecule has 0 amide bonds. The topological polar surface area (TPSA) is 52.0 Å². The Balaban J connectivity index is 1.92. The minimum Gasteiger partial charge on any atom is -0.436 e. The second-order valence-corrected chi connectivity index (χ2v) is 6.65. The number of halogens is 1. The lowest BCUT2D eigenvalue weighted by molar-refractivity contribution is 0.617. The first kappa shape index (κ1) is 12.2. The minimum atomic E-state index is 0.624. The van der Waals surface area contributed by atoms with Gasteiger partial charge < -0.3 is 10.2 Å². The first-order valence-corrected chi connectivity index (χ1v) is 7.88. The summed E-state index contributed by atoms with van der Waals surface area (Å²) >= 11 is 7.67. The van der Waals surface area contributed by atoms with Gasteiger partial charge in [-0.1, -0.05) is 11.6 Å². The highest BCUT2D eigenvalue weighted by Gasteiger charge is 2.23. The lowest BCUT2D eigenvalue weighted by Crippen LogP contribution is -1.99. The van der Waals surface area contributed by atoms with Gasteiger partial charge in [-0.3, -0.25) is 0 Å². The van der Waals surface area contributed by atoms with Gasteiger partial charge in [-0.2, -0.15) is 0 Å². The van der Waals surface area contributed by atoms with Crippen LogP contribution in [0.25, 0.3) is 22.6 Å². The highest BCUT2D eigenvalue weighted by Crippen LogP contribution is 2.42. The molecule has 0 spiro atoms. The van der Waals surface area contributed by atoms with Crippen LogP contribution in [-0.2, 0) is 12.8 Å². The molecule has 3 aromatic rings. The fraction of sp³-hybridized carbons (Fsp3) is 0.267. The molecule has 20 heavy (non-hydrogen) atoms. The van der Waals surface area contributed by atoms with Crippen LogP contribution < -0.4 is 5.73 Å². The zero-order valence-electron chi connectivity index (χ0n) is 10.8. The van der Waals surface area contributed by atoms with Crippen LogP contribution >= 0.6 is 22.9 Å². The van der Waals surface area contributed by atoms with E-state index in [4.69, 9.17) is 21.8 Å². The third-order valence-corrected chi connectivity index (χ3v) is 5.12. The van der Waals surface area contributed by atoms with Gasteiger partial charge in [0.25, 0.3) is 0 Å². The lowest BCUT2D eigenvalue weighted by atomic mass is 9.95. The van der Waals surface area contributed by atoms with Crippen LogP contribution in [0.4, 0.5) is 5.00 Å². The van der Waals surface area contributed by atoms with Crippen molar-refractivity contribution in [1.29, 1.82) is 0 Å². The van der Waals surface area contributed by atoms with E-state index >= 15 is 0 Å². The molecule has 102 valence electrons. The number of rotatable bonds is 1. The van der Waals surface area contributed by atoms with E-state index in [9.17, 15) is 0 Å². The lowest BCUT2D eigenvalue weighted by Gasteiger charge is -2.10. The second-order valence-electron chi connectivity index (χ2n) is 5.08. The van der Waals surface area contributed by atoms with Crippen molar-refractivity contribution in [3.8, 4) is 11.5 Å². The molecule has 0 saturated heterocycles. The van der Waals surface area contributed by atoms with Crippen molar-refractivity contribution in [2.75, 3.05) is 5.73 Å². The van der Waals surface area contributed by atoms with E-state index in [0.29, 0.717) is 16.5 Å². The number of anilines is 1. The predicted molar refractivity (Wildman–Crippen MR) is 83.4 cm³/mol. The number of aromatic nitrogens is 1. The number of fused-ring (bicyclic) bond motifs is 2. The largest absolute Gasteiger partial charge is 0.436 e. The number of hydrogen-bond acceptors (Lipinski definition) is 4. The Morgan fingerprint density at radius 2 is 2.10 bits per heavy atom. The Morgan fingerprint density at radius 1 is 1.25 bits per heavy atom. The van der Waals surface area contributed by atoms with E-state index in [0.717, 1.165) is 28.9 Å². The Kier molecular flexibility index (Phi) is 2.75. The molecular formula is C15H13ClN2OS. The molecule has 0 fully saturated rings. The average molecular weight is 305 g/mol. The van der Waals surface area contributed by atoms with Crippen LogP contribution in [0, 0.1) is 0 Å². The first-order chi connectivity index (χ1) is 9.72. The van der Waals surface area contributed by atoms with E-state index in [-0.39, 0.29) is 0 Å². The SMILES string of the molecule is Nc1sc2c(c1-c1nc3ccc(Cl)cc3o1)CCCC2. The van der Waals surface area contributed by atoms with E-state index in [2.05, 4.69) is 4.98 Å². The molecule has 0 radical (unpaired) electrons. The van der Waals surface area contributed by atoms with Gasteiger partial charge in [-0.25, -0.2) is 4.98 Å². The van der Waals surface area contributed by atoms with Gasteiger partial charge in [-0.05, 0) is 43.4 Å². The molecule has 2 heterocycles.